The van der Waals surface area contributed by atoms with E-state index in [0.29, 0.717) is 17.8 Å². The van der Waals surface area contributed by atoms with Gasteiger partial charge in [-0.1, -0.05) is 18.9 Å². The third-order valence-electron chi connectivity index (χ3n) is 5.56. The van der Waals surface area contributed by atoms with Crippen LogP contribution in [-0.2, 0) is 0 Å². The number of likely N-dealkylation sites (tertiary alicyclic amines) is 1. The predicted molar refractivity (Wildman–Crippen MR) is 101 cm³/mol. The summed E-state index contributed by atoms with van der Waals surface area (Å²) in [6, 6.07) is 6.71. The molecule has 2 atom stereocenters. The van der Waals surface area contributed by atoms with Crippen LogP contribution in [0.2, 0.25) is 0 Å². The van der Waals surface area contributed by atoms with Gasteiger partial charge in [0.25, 0.3) is 0 Å². The van der Waals surface area contributed by atoms with E-state index >= 15 is 0 Å². The Balaban J connectivity index is 1.82. The highest BCUT2D eigenvalue weighted by molar-refractivity contribution is 5.42. The molecule has 0 aliphatic carbocycles. The van der Waals surface area contributed by atoms with Crippen molar-refractivity contribution in [3.63, 3.8) is 0 Å². The molecule has 1 aromatic carbocycles. The lowest BCUT2D eigenvalue weighted by Gasteiger charge is -2.40. The van der Waals surface area contributed by atoms with E-state index in [1.165, 1.54) is 44.3 Å². The molecule has 0 aromatic heterocycles. The lowest BCUT2D eigenvalue weighted by molar-refractivity contribution is 0.110. The Kier molecular flexibility index (Phi) is 6.57. The van der Waals surface area contributed by atoms with Crippen LogP contribution in [0.3, 0.4) is 0 Å². The number of methoxy groups -OCH3 is 1. The van der Waals surface area contributed by atoms with Crippen LogP contribution >= 0.6 is 0 Å². The molecule has 2 heterocycles. The average molecular weight is 348 g/mol. The largest absolute Gasteiger partial charge is 0.504 e. The van der Waals surface area contributed by atoms with Crippen LogP contribution in [0.25, 0.3) is 0 Å². The van der Waals surface area contributed by atoms with Gasteiger partial charge >= 0.3 is 0 Å². The van der Waals surface area contributed by atoms with Crippen LogP contribution in [0.15, 0.2) is 18.2 Å². The number of ether oxygens (including phenoxy) is 1. The predicted octanol–water partition coefficient (Wildman–Crippen LogP) is 2.61. The van der Waals surface area contributed by atoms with E-state index in [9.17, 15) is 5.11 Å². The Morgan fingerprint density at radius 1 is 1.20 bits per heavy atom. The zero-order valence-electron chi connectivity index (χ0n) is 15.7. The van der Waals surface area contributed by atoms with E-state index < -0.39 is 0 Å². The lowest BCUT2D eigenvalue weighted by Crippen LogP contribution is -2.52. The fraction of sp³-hybridized carbons (Fsp3) is 0.700. The van der Waals surface area contributed by atoms with E-state index in [4.69, 9.17) is 4.74 Å². The molecule has 2 aliphatic heterocycles. The van der Waals surface area contributed by atoms with Crippen molar-refractivity contribution in [2.24, 2.45) is 0 Å². The molecule has 2 saturated heterocycles. The van der Waals surface area contributed by atoms with Crippen LogP contribution in [0.4, 0.5) is 0 Å². The molecule has 1 aromatic rings. The van der Waals surface area contributed by atoms with Gasteiger partial charge < -0.3 is 20.1 Å². The molecule has 140 valence electrons. The lowest BCUT2D eigenvalue weighted by atomic mass is 10.0. The highest BCUT2D eigenvalue weighted by Gasteiger charge is 2.27. The van der Waals surface area contributed by atoms with Crippen molar-refractivity contribution in [3.8, 4) is 11.5 Å². The normalized spacial score (nSPS) is 24.6. The molecular formula is C20H33N3O2. The summed E-state index contributed by atoms with van der Waals surface area (Å²) in [6.45, 7) is 8.87. The fourth-order valence-electron chi connectivity index (χ4n) is 4.14. The minimum atomic E-state index is 0.216. The quantitative estimate of drug-likeness (QED) is 0.857. The van der Waals surface area contributed by atoms with Crippen molar-refractivity contribution in [3.05, 3.63) is 23.8 Å². The van der Waals surface area contributed by atoms with Crippen LogP contribution in [-0.4, -0.2) is 67.3 Å². The van der Waals surface area contributed by atoms with E-state index in [2.05, 4.69) is 28.1 Å². The summed E-state index contributed by atoms with van der Waals surface area (Å²) in [5.41, 5.74) is 1.24. The molecule has 5 heteroatoms. The average Bonchev–Trinajstić information content (AvgIpc) is 2.89. The summed E-state index contributed by atoms with van der Waals surface area (Å²) in [5, 5.41) is 13.5. The topological polar surface area (TPSA) is 48.0 Å². The summed E-state index contributed by atoms with van der Waals surface area (Å²) in [6.07, 6.45) is 5.34. The summed E-state index contributed by atoms with van der Waals surface area (Å²) in [7, 11) is 1.62. The molecule has 25 heavy (non-hydrogen) atoms. The van der Waals surface area contributed by atoms with Crippen molar-refractivity contribution >= 4 is 0 Å². The zero-order chi connectivity index (χ0) is 17.6. The number of phenolic OH excluding ortho intramolecular Hbond substituents is 1. The van der Waals surface area contributed by atoms with Crippen molar-refractivity contribution in [1.82, 2.24) is 15.1 Å². The van der Waals surface area contributed by atoms with Gasteiger partial charge in [0, 0.05) is 38.3 Å². The minimum absolute atomic E-state index is 0.216. The third-order valence-corrected chi connectivity index (χ3v) is 5.56. The Bertz CT molecular complexity index is 544. The number of aromatic hydroxyl groups is 1. The standard InChI is InChI=1S/C20H33N3O2/c1-16-14-23(12-9-21-16)18(15-22-10-5-3-4-6-11-22)17-7-8-19(24)20(13-17)25-2/h7-8,13,16,18,21,24H,3-6,9-12,14-15H2,1-2H3. The first-order chi connectivity index (χ1) is 12.2. The number of nitrogens with one attached hydrogen (secondary N) is 1. The van der Waals surface area contributed by atoms with Crippen LogP contribution in [0, 0.1) is 0 Å². The third kappa shape index (κ3) is 4.87. The van der Waals surface area contributed by atoms with Gasteiger partial charge in [0.15, 0.2) is 11.5 Å². The summed E-state index contributed by atoms with van der Waals surface area (Å²) < 4.78 is 5.36. The molecule has 0 bridgehead atoms. The molecule has 2 aliphatic rings. The van der Waals surface area contributed by atoms with Crippen molar-refractivity contribution < 1.29 is 9.84 Å². The molecule has 0 saturated carbocycles. The van der Waals surface area contributed by atoms with E-state index in [1.54, 1.807) is 13.2 Å². The Hall–Kier alpha value is -1.30. The van der Waals surface area contributed by atoms with Gasteiger partial charge in [-0.3, -0.25) is 4.90 Å². The second-order valence-corrected chi connectivity index (χ2v) is 7.51. The maximum Gasteiger partial charge on any atom is 0.160 e. The van der Waals surface area contributed by atoms with Gasteiger partial charge in [-0.15, -0.1) is 0 Å². The van der Waals surface area contributed by atoms with Gasteiger partial charge in [0.05, 0.1) is 7.11 Å². The maximum atomic E-state index is 9.97. The van der Waals surface area contributed by atoms with Crippen molar-refractivity contribution in [1.29, 1.82) is 0 Å². The minimum Gasteiger partial charge on any atom is -0.504 e. The fourth-order valence-corrected chi connectivity index (χ4v) is 4.14. The van der Waals surface area contributed by atoms with Crippen LogP contribution in [0.5, 0.6) is 11.5 Å². The van der Waals surface area contributed by atoms with Crippen molar-refractivity contribution in [2.75, 3.05) is 46.4 Å². The number of hydrogen-bond acceptors (Lipinski definition) is 5. The number of phenols is 1. The first kappa shape index (κ1) is 18.5. The molecule has 5 nitrogen and oxygen atoms in total. The molecular weight excluding hydrogens is 314 g/mol. The molecule has 2 unspecified atom stereocenters. The highest BCUT2D eigenvalue weighted by atomic mass is 16.5. The molecule has 0 spiro atoms. The second kappa shape index (κ2) is 8.88. The number of rotatable bonds is 5. The molecule has 0 amide bonds. The zero-order valence-corrected chi connectivity index (χ0v) is 15.7. The Morgan fingerprint density at radius 2 is 1.96 bits per heavy atom. The van der Waals surface area contributed by atoms with Crippen molar-refractivity contribution in [2.45, 2.75) is 44.7 Å². The summed E-state index contributed by atoms with van der Waals surface area (Å²) in [4.78, 5) is 5.22. The van der Waals surface area contributed by atoms with Crippen LogP contribution in [0.1, 0.15) is 44.2 Å². The first-order valence-corrected chi connectivity index (χ1v) is 9.74. The molecule has 2 N–H and O–H groups in total. The monoisotopic (exact) mass is 347 g/mol. The van der Waals surface area contributed by atoms with Gasteiger partial charge in [0.1, 0.15) is 0 Å². The number of piperazine rings is 1. The number of hydrogen-bond donors (Lipinski definition) is 2. The van der Waals surface area contributed by atoms with Crippen LogP contribution < -0.4 is 10.1 Å². The number of benzene rings is 1. The molecule has 2 fully saturated rings. The molecule has 0 radical (unpaired) electrons. The Morgan fingerprint density at radius 3 is 2.64 bits per heavy atom. The maximum absolute atomic E-state index is 9.97. The summed E-state index contributed by atoms with van der Waals surface area (Å²) >= 11 is 0. The van der Waals surface area contributed by atoms with E-state index in [0.717, 1.165) is 26.2 Å². The number of nitrogens with zero attached hydrogens (tertiary/aromatic N) is 2. The highest BCUT2D eigenvalue weighted by Crippen LogP contribution is 2.32. The van der Waals surface area contributed by atoms with Gasteiger partial charge in [-0.25, -0.2) is 0 Å². The van der Waals surface area contributed by atoms with E-state index in [-0.39, 0.29) is 5.75 Å². The molecule has 3 rings (SSSR count). The van der Waals surface area contributed by atoms with Gasteiger partial charge in [-0.05, 0) is 50.6 Å². The first-order valence-electron chi connectivity index (χ1n) is 9.74. The van der Waals surface area contributed by atoms with E-state index in [1.807, 2.05) is 6.07 Å². The SMILES string of the molecule is COc1cc(C(CN2CCCCCC2)N2CCNC(C)C2)ccc1O. The smallest absolute Gasteiger partial charge is 0.160 e. The second-order valence-electron chi connectivity index (χ2n) is 7.51. The Labute approximate surface area is 152 Å². The summed E-state index contributed by atoms with van der Waals surface area (Å²) in [5.74, 6) is 0.787. The van der Waals surface area contributed by atoms with Gasteiger partial charge in [-0.2, -0.15) is 0 Å². The van der Waals surface area contributed by atoms with Gasteiger partial charge in [0.2, 0.25) is 0 Å².